The van der Waals surface area contributed by atoms with Gasteiger partial charge in [-0.25, -0.2) is 22.2 Å². The maximum atomic E-state index is 14.6. The molecule has 1 N–H and O–H groups in total. The number of nitriles is 1. The SMILES string of the molecule is CC(C)(C#N)NC(=O)C1CC(F)CCC1c1nc(-c2ccc(F)cn2)sc1-c1ccc(N2CCS(=O)(=O)CC2)cc1. The molecular formula is C29H31F2N5O3S2. The van der Waals surface area contributed by atoms with Crippen molar-refractivity contribution in [2.24, 2.45) is 5.92 Å². The highest BCUT2D eigenvalue weighted by molar-refractivity contribution is 7.91. The van der Waals surface area contributed by atoms with Crippen LogP contribution in [0.2, 0.25) is 0 Å². The Morgan fingerprint density at radius 2 is 1.85 bits per heavy atom. The summed E-state index contributed by atoms with van der Waals surface area (Å²) in [7, 11) is -3.00. The van der Waals surface area contributed by atoms with Crippen LogP contribution in [-0.2, 0) is 14.6 Å². The van der Waals surface area contributed by atoms with Crippen molar-refractivity contribution in [2.45, 2.75) is 50.7 Å². The molecule has 8 nitrogen and oxygen atoms in total. The van der Waals surface area contributed by atoms with E-state index in [2.05, 4.69) is 16.4 Å². The monoisotopic (exact) mass is 599 g/mol. The summed E-state index contributed by atoms with van der Waals surface area (Å²) >= 11 is 1.37. The van der Waals surface area contributed by atoms with E-state index in [1.807, 2.05) is 29.2 Å². The number of nitrogens with zero attached hydrogens (tertiary/aromatic N) is 4. The Labute approximate surface area is 242 Å². The Bertz CT molecular complexity index is 1550. The van der Waals surface area contributed by atoms with Crippen molar-refractivity contribution in [3.63, 3.8) is 0 Å². The summed E-state index contributed by atoms with van der Waals surface area (Å²) in [4.78, 5) is 25.3. The fraction of sp³-hybridized carbons (Fsp3) is 0.448. The van der Waals surface area contributed by atoms with Crippen LogP contribution in [-0.4, -0.2) is 60.6 Å². The molecule has 1 aliphatic heterocycles. The molecule has 41 heavy (non-hydrogen) atoms. The highest BCUT2D eigenvalue weighted by Crippen LogP contribution is 2.46. The van der Waals surface area contributed by atoms with Gasteiger partial charge in [-0.15, -0.1) is 11.3 Å². The van der Waals surface area contributed by atoms with Gasteiger partial charge in [-0.3, -0.25) is 9.78 Å². The van der Waals surface area contributed by atoms with Crippen LogP contribution < -0.4 is 10.2 Å². The predicted molar refractivity (Wildman–Crippen MR) is 154 cm³/mol. The summed E-state index contributed by atoms with van der Waals surface area (Å²) in [5.41, 5.74) is 1.78. The zero-order chi connectivity index (χ0) is 29.4. The van der Waals surface area contributed by atoms with E-state index in [-0.39, 0.29) is 30.3 Å². The first-order valence-corrected chi connectivity index (χ1v) is 16.1. The van der Waals surface area contributed by atoms with Gasteiger partial charge in [0.25, 0.3) is 0 Å². The molecule has 1 aromatic carbocycles. The Morgan fingerprint density at radius 3 is 2.49 bits per heavy atom. The summed E-state index contributed by atoms with van der Waals surface area (Å²) < 4.78 is 52.0. The van der Waals surface area contributed by atoms with Gasteiger partial charge in [-0.1, -0.05) is 12.1 Å². The van der Waals surface area contributed by atoms with Crippen LogP contribution in [0.15, 0.2) is 42.6 Å². The van der Waals surface area contributed by atoms with E-state index >= 15 is 0 Å². The van der Waals surface area contributed by atoms with E-state index in [4.69, 9.17) is 4.98 Å². The van der Waals surface area contributed by atoms with Crippen LogP contribution in [0.25, 0.3) is 21.1 Å². The average Bonchev–Trinajstić information content (AvgIpc) is 3.38. The van der Waals surface area contributed by atoms with Gasteiger partial charge >= 0.3 is 0 Å². The quantitative estimate of drug-likeness (QED) is 0.429. The fourth-order valence-corrected chi connectivity index (χ4v) is 7.68. The molecule has 1 amide bonds. The van der Waals surface area contributed by atoms with Crippen LogP contribution in [0.1, 0.15) is 44.7 Å². The third kappa shape index (κ3) is 6.57. The van der Waals surface area contributed by atoms with Crippen molar-refractivity contribution in [1.82, 2.24) is 15.3 Å². The summed E-state index contributed by atoms with van der Waals surface area (Å²) in [6, 6.07) is 12.7. The third-order valence-electron chi connectivity index (χ3n) is 7.63. The van der Waals surface area contributed by atoms with Gasteiger partial charge in [0.05, 0.1) is 40.0 Å². The third-order valence-corrected chi connectivity index (χ3v) is 10.4. The van der Waals surface area contributed by atoms with Crippen molar-refractivity contribution in [2.75, 3.05) is 29.5 Å². The molecule has 12 heteroatoms. The Balaban J connectivity index is 1.52. The average molecular weight is 600 g/mol. The summed E-state index contributed by atoms with van der Waals surface area (Å²) in [6.45, 7) is 4.05. The molecule has 0 radical (unpaired) electrons. The van der Waals surface area contributed by atoms with Gasteiger partial charge in [0.2, 0.25) is 5.91 Å². The molecule has 1 aliphatic carbocycles. The van der Waals surface area contributed by atoms with Crippen LogP contribution in [0, 0.1) is 23.1 Å². The first kappa shape index (κ1) is 29.1. The van der Waals surface area contributed by atoms with Gasteiger partial charge in [0.1, 0.15) is 22.5 Å². The highest BCUT2D eigenvalue weighted by atomic mass is 32.2. The number of halogens is 2. The molecular weight excluding hydrogens is 568 g/mol. The Hall–Kier alpha value is -3.43. The van der Waals surface area contributed by atoms with E-state index < -0.39 is 39.2 Å². The summed E-state index contributed by atoms with van der Waals surface area (Å²) in [5, 5.41) is 12.8. The van der Waals surface area contributed by atoms with Crippen molar-refractivity contribution < 1.29 is 22.0 Å². The molecule has 3 atom stereocenters. The molecule has 5 rings (SSSR count). The van der Waals surface area contributed by atoms with E-state index in [1.54, 1.807) is 19.9 Å². The number of nitrogens with one attached hydrogen (secondary N) is 1. The second-order valence-electron chi connectivity index (χ2n) is 11.1. The second kappa shape index (κ2) is 11.4. The molecule has 0 spiro atoms. The van der Waals surface area contributed by atoms with Gasteiger partial charge < -0.3 is 10.2 Å². The zero-order valence-corrected chi connectivity index (χ0v) is 24.4. The Morgan fingerprint density at radius 1 is 1.15 bits per heavy atom. The molecule has 2 fully saturated rings. The number of aromatic nitrogens is 2. The first-order valence-electron chi connectivity index (χ1n) is 13.5. The second-order valence-corrected chi connectivity index (χ2v) is 14.4. The number of benzene rings is 1. The largest absolute Gasteiger partial charge is 0.369 e. The molecule has 3 unspecified atom stereocenters. The van der Waals surface area contributed by atoms with Crippen molar-refractivity contribution >= 4 is 32.8 Å². The Kier molecular flexibility index (Phi) is 8.12. The summed E-state index contributed by atoms with van der Waals surface area (Å²) in [6.07, 6.45) is 0.696. The van der Waals surface area contributed by atoms with E-state index in [9.17, 15) is 27.3 Å². The van der Waals surface area contributed by atoms with E-state index in [0.29, 0.717) is 35.9 Å². The number of hydrogen-bond acceptors (Lipinski definition) is 8. The lowest BCUT2D eigenvalue weighted by atomic mass is 9.75. The standard InChI is InChI=1S/C29H31F2N5O3S2/c1-29(2,17-32)35-27(37)23-15-19(30)5-9-22(23)25-26(40-28(34-25)24-10-6-20(31)16-33-24)18-3-7-21(8-4-18)36-11-13-41(38,39)14-12-36/h3-4,6-8,10,16,19,22-23H,5,9,11-15H2,1-2H3,(H,35,37). The minimum absolute atomic E-state index is 0.0237. The predicted octanol–water partition coefficient (Wildman–Crippen LogP) is 4.89. The molecule has 0 bridgehead atoms. The first-order chi connectivity index (χ1) is 19.4. The molecule has 2 aliphatic rings. The maximum absolute atomic E-state index is 14.6. The molecule has 1 saturated heterocycles. The van der Waals surface area contributed by atoms with Gasteiger partial charge in [0, 0.05) is 30.6 Å². The molecule has 3 heterocycles. The number of pyridine rings is 1. The van der Waals surface area contributed by atoms with Gasteiger partial charge in [-0.05, 0) is 62.9 Å². The number of rotatable bonds is 6. The van der Waals surface area contributed by atoms with Crippen LogP contribution >= 0.6 is 11.3 Å². The topological polar surface area (TPSA) is 116 Å². The zero-order valence-electron chi connectivity index (χ0n) is 22.8. The van der Waals surface area contributed by atoms with Crippen LogP contribution in [0.3, 0.4) is 0 Å². The van der Waals surface area contributed by atoms with Crippen molar-refractivity contribution in [3.8, 4) is 27.2 Å². The number of carbonyl (C=O) groups excluding carboxylic acids is 1. The smallest absolute Gasteiger partial charge is 0.225 e. The maximum Gasteiger partial charge on any atom is 0.225 e. The number of thiazole rings is 1. The normalized spacial score (nSPS) is 22.6. The minimum atomic E-state index is -3.00. The lowest BCUT2D eigenvalue weighted by molar-refractivity contribution is -0.128. The van der Waals surface area contributed by atoms with Gasteiger partial charge in [-0.2, -0.15) is 5.26 Å². The highest BCUT2D eigenvalue weighted by Gasteiger charge is 2.40. The molecule has 216 valence electrons. The number of anilines is 1. The number of carbonyl (C=O) groups is 1. The lowest BCUT2D eigenvalue weighted by Crippen LogP contribution is -2.47. The number of sulfone groups is 1. The van der Waals surface area contributed by atoms with Crippen molar-refractivity contribution in [3.05, 3.63) is 54.1 Å². The molecule has 2 aromatic heterocycles. The van der Waals surface area contributed by atoms with Gasteiger partial charge in [0.15, 0.2) is 9.84 Å². The number of amides is 1. The van der Waals surface area contributed by atoms with Crippen LogP contribution in [0.4, 0.5) is 14.5 Å². The lowest BCUT2D eigenvalue weighted by Gasteiger charge is -2.33. The fourth-order valence-electron chi connectivity index (χ4n) is 5.36. The van der Waals surface area contributed by atoms with E-state index in [0.717, 1.165) is 22.3 Å². The minimum Gasteiger partial charge on any atom is -0.369 e. The van der Waals surface area contributed by atoms with E-state index in [1.165, 1.54) is 17.4 Å². The number of alkyl halides is 1. The van der Waals surface area contributed by atoms with Crippen molar-refractivity contribution in [1.29, 1.82) is 5.26 Å². The number of hydrogen-bond donors (Lipinski definition) is 1. The summed E-state index contributed by atoms with van der Waals surface area (Å²) in [5.74, 6) is -1.75. The molecule has 1 saturated carbocycles. The molecule has 3 aromatic rings. The van der Waals surface area contributed by atoms with Crippen LogP contribution in [0.5, 0.6) is 0 Å².